The van der Waals surface area contributed by atoms with Gasteiger partial charge in [-0.05, 0) is 18.2 Å². The molecule has 7 heteroatoms. The fourth-order valence-corrected chi connectivity index (χ4v) is 2.78. The van der Waals surface area contributed by atoms with Crippen molar-refractivity contribution in [3.8, 4) is 11.5 Å². The summed E-state index contributed by atoms with van der Waals surface area (Å²) in [6.45, 7) is 0. The average molecular weight is 352 g/mol. The molecule has 0 aliphatic rings. The highest BCUT2D eigenvalue weighted by atomic mass is 16.5. The van der Waals surface area contributed by atoms with E-state index in [1.54, 1.807) is 50.9 Å². The number of hydrogen-bond donors (Lipinski definition) is 1. The van der Waals surface area contributed by atoms with Crippen molar-refractivity contribution in [3.63, 3.8) is 0 Å². The number of nitrogens with zero attached hydrogens (tertiary/aromatic N) is 3. The highest BCUT2D eigenvalue weighted by molar-refractivity contribution is 5.92. The molecule has 2 heterocycles. The van der Waals surface area contributed by atoms with Crippen molar-refractivity contribution in [1.29, 1.82) is 0 Å². The van der Waals surface area contributed by atoms with Gasteiger partial charge in [-0.2, -0.15) is 0 Å². The molecule has 0 bridgehead atoms. The monoisotopic (exact) mass is 352 g/mol. The van der Waals surface area contributed by atoms with Gasteiger partial charge in [0, 0.05) is 31.2 Å². The van der Waals surface area contributed by atoms with E-state index in [2.05, 4.69) is 15.3 Å². The number of nitrogens with one attached hydrogen (secondary N) is 1. The van der Waals surface area contributed by atoms with E-state index in [4.69, 9.17) is 9.47 Å². The normalized spacial score (nSPS) is 11.7. The van der Waals surface area contributed by atoms with Crippen molar-refractivity contribution in [2.24, 2.45) is 7.05 Å². The lowest BCUT2D eigenvalue weighted by Crippen LogP contribution is -2.32. The number of benzene rings is 1. The van der Waals surface area contributed by atoms with E-state index < -0.39 is 6.04 Å². The maximum Gasteiger partial charge on any atom is 0.270 e. The number of carbonyl (C=O) groups is 1. The molecular weight excluding hydrogens is 332 g/mol. The van der Waals surface area contributed by atoms with Crippen LogP contribution in [0.5, 0.6) is 11.5 Å². The maximum atomic E-state index is 12.7. The Hall–Kier alpha value is -3.35. The second kappa shape index (κ2) is 7.69. The Morgan fingerprint density at radius 3 is 2.54 bits per heavy atom. The first-order valence-corrected chi connectivity index (χ1v) is 8.05. The number of para-hydroxylation sites is 1. The van der Waals surface area contributed by atoms with Crippen LogP contribution in [0, 0.1) is 0 Å². The number of aryl methyl sites for hydroxylation is 1. The summed E-state index contributed by atoms with van der Waals surface area (Å²) in [5.74, 6) is 1.49. The van der Waals surface area contributed by atoms with E-state index in [0.29, 0.717) is 23.0 Å². The van der Waals surface area contributed by atoms with E-state index in [0.717, 1.165) is 5.56 Å². The first kappa shape index (κ1) is 17.5. The Bertz CT molecular complexity index is 893. The van der Waals surface area contributed by atoms with Crippen LogP contribution in [0.25, 0.3) is 0 Å². The van der Waals surface area contributed by atoms with Gasteiger partial charge in [0.25, 0.3) is 5.91 Å². The van der Waals surface area contributed by atoms with Crippen molar-refractivity contribution in [2.45, 2.75) is 6.04 Å². The Morgan fingerprint density at radius 2 is 1.92 bits per heavy atom. The number of amides is 1. The summed E-state index contributed by atoms with van der Waals surface area (Å²) in [6.07, 6.45) is 5.08. The molecule has 0 aliphatic heterocycles. The fourth-order valence-electron chi connectivity index (χ4n) is 2.78. The molecule has 0 spiro atoms. The SMILES string of the molecule is COc1cccc([C@H](NC(=O)c2ccccn2)c2nccn2C)c1OC. The summed E-state index contributed by atoms with van der Waals surface area (Å²) in [4.78, 5) is 21.2. The molecule has 0 radical (unpaired) electrons. The summed E-state index contributed by atoms with van der Waals surface area (Å²) in [5.41, 5.74) is 1.07. The zero-order chi connectivity index (χ0) is 18.5. The van der Waals surface area contributed by atoms with Crippen LogP contribution in [0.15, 0.2) is 55.0 Å². The van der Waals surface area contributed by atoms with Gasteiger partial charge in [-0.1, -0.05) is 18.2 Å². The summed E-state index contributed by atoms with van der Waals surface area (Å²) in [5, 5.41) is 3.00. The predicted octanol–water partition coefficient (Wildman–Crippen LogP) is 2.35. The van der Waals surface area contributed by atoms with E-state index >= 15 is 0 Å². The highest BCUT2D eigenvalue weighted by Gasteiger charge is 2.26. The predicted molar refractivity (Wildman–Crippen MR) is 96.3 cm³/mol. The highest BCUT2D eigenvalue weighted by Crippen LogP contribution is 2.36. The minimum absolute atomic E-state index is 0.302. The molecule has 0 fully saturated rings. The summed E-state index contributed by atoms with van der Waals surface area (Å²) >= 11 is 0. The van der Waals surface area contributed by atoms with Crippen molar-refractivity contribution in [1.82, 2.24) is 19.9 Å². The Kier molecular flexibility index (Phi) is 5.17. The number of aromatic nitrogens is 3. The number of imidazole rings is 1. The minimum atomic E-state index is -0.533. The van der Waals surface area contributed by atoms with Gasteiger partial charge in [0.15, 0.2) is 11.5 Å². The van der Waals surface area contributed by atoms with Gasteiger partial charge >= 0.3 is 0 Å². The third kappa shape index (κ3) is 3.37. The summed E-state index contributed by atoms with van der Waals surface area (Å²) in [6, 6.07) is 10.2. The lowest BCUT2D eigenvalue weighted by atomic mass is 10.0. The first-order valence-electron chi connectivity index (χ1n) is 8.05. The molecule has 7 nitrogen and oxygen atoms in total. The average Bonchev–Trinajstić information content (AvgIpc) is 3.11. The topological polar surface area (TPSA) is 78.3 Å². The van der Waals surface area contributed by atoms with Crippen molar-refractivity contribution < 1.29 is 14.3 Å². The summed E-state index contributed by atoms with van der Waals surface area (Å²) in [7, 11) is 5.01. The van der Waals surface area contributed by atoms with Crippen molar-refractivity contribution >= 4 is 5.91 Å². The van der Waals surface area contributed by atoms with Gasteiger partial charge in [-0.25, -0.2) is 4.98 Å². The molecule has 0 saturated carbocycles. The van der Waals surface area contributed by atoms with Crippen LogP contribution in [0.2, 0.25) is 0 Å². The van der Waals surface area contributed by atoms with Gasteiger partial charge in [0.2, 0.25) is 0 Å². The molecule has 1 N–H and O–H groups in total. The molecule has 26 heavy (non-hydrogen) atoms. The third-order valence-electron chi connectivity index (χ3n) is 4.03. The van der Waals surface area contributed by atoms with Crippen LogP contribution in [0.3, 0.4) is 0 Å². The molecule has 0 saturated heterocycles. The Morgan fingerprint density at radius 1 is 1.08 bits per heavy atom. The largest absolute Gasteiger partial charge is 0.493 e. The molecule has 0 unspecified atom stereocenters. The molecule has 1 atom stereocenters. The molecular formula is C19H20N4O3. The van der Waals surface area contributed by atoms with Crippen LogP contribution in [-0.2, 0) is 7.05 Å². The van der Waals surface area contributed by atoms with Gasteiger partial charge in [-0.15, -0.1) is 0 Å². The number of carbonyl (C=O) groups excluding carboxylic acids is 1. The number of pyridine rings is 1. The van der Waals surface area contributed by atoms with Crippen LogP contribution in [0.1, 0.15) is 27.9 Å². The van der Waals surface area contributed by atoms with Gasteiger partial charge in [0.1, 0.15) is 17.6 Å². The quantitative estimate of drug-likeness (QED) is 0.737. The smallest absolute Gasteiger partial charge is 0.270 e. The van der Waals surface area contributed by atoms with E-state index in [1.165, 1.54) is 0 Å². The molecule has 2 aromatic heterocycles. The Labute approximate surface area is 151 Å². The number of rotatable bonds is 6. The number of hydrogen-bond acceptors (Lipinski definition) is 5. The molecule has 0 aliphatic carbocycles. The van der Waals surface area contributed by atoms with Crippen LogP contribution < -0.4 is 14.8 Å². The summed E-state index contributed by atoms with van der Waals surface area (Å²) < 4.78 is 12.8. The van der Waals surface area contributed by atoms with Crippen LogP contribution in [-0.4, -0.2) is 34.7 Å². The molecule has 3 rings (SSSR count). The zero-order valence-electron chi connectivity index (χ0n) is 14.8. The number of methoxy groups -OCH3 is 2. The fraction of sp³-hybridized carbons (Fsp3) is 0.211. The lowest BCUT2D eigenvalue weighted by molar-refractivity contribution is 0.0935. The van der Waals surface area contributed by atoms with Gasteiger partial charge in [-0.3, -0.25) is 9.78 Å². The molecule has 1 amide bonds. The number of ether oxygens (including phenoxy) is 2. The second-order valence-corrected chi connectivity index (χ2v) is 5.60. The molecule has 134 valence electrons. The van der Waals surface area contributed by atoms with Crippen molar-refractivity contribution in [3.05, 3.63) is 72.1 Å². The van der Waals surface area contributed by atoms with Gasteiger partial charge in [0.05, 0.1) is 14.2 Å². The second-order valence-electron chi connectivity index (χ2n) is 5.60. The molecule has 3 aromatic rings. The van der Waals surface area contributed by atoms with E-state index in [9.17, 15) is 4.79 Å². The lowest BCUT2D eigenvalue weighted by Gasteiger charge is -2.22. The van der Waals surface area contributed by atoms with Crippen molar-refractivity contribution in [2.75, 3.05) is 14.2 Å². The van der Waals surface area contributed by atoms with E-state index in [-0.39, 0.29) is 5.91 Å². The maximum absolute atomic E-state index is 12.7. The first-order chi connectivity index (χ1) is 12.7. The third-order valence-corrected chi connectivity index (χ3v) is 4.03. The Balaban J connectivity index is 2.06. The van der Waals surface area contributed by atoms with Crippen LogP contribution >= 0.6 is 0 Å². The van der Waals surface area contributed by atoms with Crippen LogP contribution in [0.4, 0.5) is 0 Å². The van der Waals surface area contributed by atoms with E-state index in [1.807, 2.05) is 29.9 Å². The molecule has 1 aromatic carbocycles. The zero-order valence-corrected chi connectivity index (χ0v) is 14.8. The van der Waals surface area contributed by atoms with Gasteiger partial charge < -0.3 is 19.4 Å². The minimum Gasteiger partial charge on any atom is -0.493 e. The standard InChI is InChI=1S/C19H20N4O3/c1-23-12-11-21-18(23)16(22-19(24)14-8-4-5-10-20-14)13-7-6-9-15(25-2)17(13)26-3/h4-12,16H,1-3H3,(H,22,24)/t16-/m0/s1.